The lowest BCUT2D eigenvalue weighted by atomic mass is 10.1. The van der Waals surface area contributed by atoms with Crippen molar-refractivity contribution in [1.82, 2.24) is 9.78 Å². The van der Waals surface area contributed by atoms with Crippen molar-refractivity contribution >= 4 is 23.0 Å². The van der Waals surface area contributed by atoms with Crippen molar-refractivity contribution in [2.75, 3.05) is 23.7 Å². The highest BCUT2D eigenvalue weighted by atomic mass is 32.1. The van der Waals surface area contributed by atoms with Gasteiger partial charge in [-0.3, -0.25) is 0 Å². The summed E-state index contributed by atoms with van der Waals surface area (Å²) in [4.78, 5) is 1.46. The van der Waals surface area contributed by atoms with Crippen molar-refractivity contribution in [3.8, 4) is 0 Å². The van der Waals surface area contributed by atoms with Gasteiger partial charge in [0.05, 0.1) is 6.04 Å². The van der Waals surface area contributed by atoms with E-state index in [2.05, 4.69) is 33.7 Å². The van der Waals surface area contributed by atoms with Crippen LogP contribution in [0.1, 0.15) is 34.9 Å². The number of anilines is 2. The molecule has 5 heteroatoms. The molecule has 0 radical (unpaired) electrons. The first-order chi connectivity index (χ1) is 9.34. The molecule has 2 aliphatic heterocycles. The van der Waals surface area contributed by atoms with Crippen LogP contribution in [0, 0.1) is 6.92 Å². The van der Waals surface area contributed by atoms with Gasteiger partial charge in [0.1, 0.15) is 5.82 Å². The zero-order valence-corrected chi connectivity index (χ0v) is 11.9. The number of thiophene rings is 1. The van der Waals surface area contributed by atoms with E-state index in [0.717, 1.165) is 31.7 Å². The first-order valence-corrected chi connectivity index (χ1v) is 7.85. The first-order valence-electron chi connectivity index (χ1n) is 6.97. The number of nitrogens with zero attached hydrogens (tertiary/aromatic N) is 2. The summed E-state index contributed by atoms with van der Waals surface area (Å²) in [5.74, 6) is 2.33. The zero-order valence-electron chi connectivity index (χ0n) is 11.1. The van der Waals surface area contributed by atoms with E-state index in [-0.39, 0.29) is 0 Å². The molecule has 4 rings (SSSR count). The third-order valence-corrected chi connectivity index (χ3v) is 5.23. The van der Waals surface area contributed by atoms with Crippen LogP contribution >= 0.6 is 11.3 Å². The molecule has 2 aromatic heterocycles. The molecule has 2 aromatic rings. The Labute approximate surface area is 116 Å². The lowest BCUT2D eigenvalue weighted by molar-refractivity contribution is 0.488. The highest BCUT2D eigenvalue weighted by Crippen LogP contribution is 2.39. The smallest absolute Gasteiger partial charge is 0.153 e. The number of hydrogen-bond acceptors (Lipinski definition) is 4. The number of hydrogen-bond donors (Lipinski definition) is 2. The summed E-state index contributed by atoms with van der Waals surface area (Å²) < 4.78 is 2.21. The molecule has 2 N–H and O–H groups in total. The molecule has 100 valence electrons. The number of aromatic nitrogens is 2. The van der Waals surface area contributed by atoms with E-state index in [0.29, 0.717) is 6.04 Å². The molecule has 19 heavy (non-hydrogen) atoms. The fraction of sp³-hybridized carbons (Fsp3) is 0.500. The summed E-state index contributed by atoms with van der Waals surface area (Å²) >= 11 is 1.86. The van der Waals surface area contributed by atoms with Gasteiger partial charge in [-0.2, -0.15) is 5.10 Å². The summed E-state index contributed by atoms with van der Waals surface area (Å²) in [7, 11) is 0. The van der Waals surface area contributed by atoms with Crippen LogP contribution in [-0.2, 0) is 6.42 Å². The first kappa shape index (κ1) is 11.3. The van der Waals surface area contributed by atoms with Crippen LogP contribution in [0.15, 0.2) is 11.4 Å². The van der Waals surface area contributed by atoms with Crippen molar-refractivity contribution in [2.24, 2.45) is 0 Å². The summed E-state index contributed by atoms with van der Waals surface area (Å²) in [6, 6.07) is 2.62. The van der Waals surface area contributed by atoms with Gasteiger partial charge in [0.25, 0.3) is 0 Å². The molecule has 4 heterocycles. The Morgan fingerprint density at radius 2 is 2.32 bits per heavy atom. The van der Waals surface area contributed by atoms with Crippen LogP contribution in [-0.4, -0.2) is 22.9 Å². The van der Waals surface area contributed by atoms with Crippen LogP contribution in [0.3, 0.4) is 0 Å². The van der Waals surface area contributed by atoms with Crippen molar-refractivity contribution in [2.45, 2.75) is 32.2 Å². The van der Waals surface area contributed by atoms with E-state index >= 15 is 0 Å². The molecule has 0 saturated heterocycles. The minimum absolute atomic E-state index is 0.406. The van der Waals surface area contributed by atoms with Crippen LogP contribution in [0.25, 0.3) is 0 Å². The second-order valence-electron chi connectivity index (χ2n) is 5.35. The number of rotatable bonds is 1. The lowest BCUT2D eigenvalue weighted by Gasteiger charge is -2.26. The predicted molar refractivity (Wildman–Crippen MR) is 79.3 cm³/mol. The third kappa shape index (κ3) is 1.68. The Morgan fingerprint density at radius 3 is 3.16 bits per heavy atom. The molecule has 2 aliphatic rings. The van der Waals surface area contributed by atoms with Crippen LogP contribution < -0.4 is 10.6 Å². The number of nitrogens with one attached hydrogen (secondary N) is 2. The third-order valence-electron chi connectivity index (χ3n) is 4.11. The van der Waals surface area contributed by atoms with Crippen molar-refractivity contribution in [1.29, 1.82) is 0 Å². The Hall–Kier alpha value is -1.49. The molecule has 0 aliphatic carbocycles. The van der Waals surface area contributed by atoms with Gasteiger partial charge >= 0.3 is 0 Å². The van der Waals surface area contributed by atoms with Gasteiger partial charge in [0.15, 0.2) is 5.82 Å². The van der Waals surface area contributed by atoms with Gasteiger partial charge < -0.3 is 10.6 Å². The topological polar surface area (TPSA) is 41.9 Å². The maximum Gasteiger partial charge on any atom is 0.153 e. The summed E-state index contributed by atoms with van der Waals surface area (Å²) in [5.41, 5.74) is 2.77. The van der Waals surface area contributed by atoms with Gasteiger partial charge in [0.2, 0.25) is 0 Å². The normalized spacial score (nSPS) is 21.2. The van der Waals surface area contributed by atoms with Crippen LogP contribution in [0.4, 0.5) is 11.6 Å². The van der Waals surface area contributed by atoms with E-state index in [4.69, 9.17) is 5.10 Å². The maximum absolute atomic E-state index is 4.82. The summed E-state index contributed by atoms with van der Waals surface area (Å²) in [6.07, 6.45) is 3.46. The second-order valence-corrected chi connectivity index (χ2v) is 6.30. The van der Waals surface area contributed by atoms with E-state index in [1.165, 1.54) is 28.2 Å². The van der Waals surface area contributed by atoms with Gasteiger partial charge in [0, 0.05) is 23.5 Å². The van der Waals surface area contributed by atoms with E-state index < -0.39 is 0 Å². The van der Waals surface area contributed by atoms with Crippen LogP contribution in [0.2, 0.25) is 0 Å². The molecule has 0 saturated carbocycles. The Kier molecular flexibility index (Phi) is 2.55. The molecule has 4 nitrogen and oxygen atoms in total. The monoisotopic (exact) mass is 274 g/mol. The Balaban J connectivity index is 1.83. The maximum atomic E-state index is 4.82. The van der Waals surface area contributed by atoms with Gasteiger partial charge in [-0.05, 0) is 43.2 Å². The molecular weight excluding hydrogens is 256 g/mol. The van der Waals surface area contributed by atoms with Crippen molar-refractivity contribution < 1.29 is 0 Å². The average Bonchev–Trinajstić information content (AvgIpc) is 3.02. The minimum Gasteiger partial charge on any atom is -0.370 e. The molecular formula is C14H18N4S. The van der Waals surface area contributed by atoms with E-state index in [1.807, 2.05) is 11.3 Å². The Morgan fingerprint density at radius 1 is 1.37 bits per heavy atom. The number of aryl methyl sites for hydroxylation is 1. The lowest BCUT2D eigenvalue weighted by Crippen LogP contribution is -2.24. The van der Waals surface area contributed by atoms with E-state index in [9.17, 15) is 0 Å². The molecule has 1 unspecified atom stereocenters. The SMILES string of the molecule is Cc1ccsc1C1CCNc2c3c(nn21)NCCC3. The fourth-order valence-corrected chi connectivity index (χ4v) is 4.20. The van der Waals surface area contributed by atoms with Gasteiger partial charge in [-0.25, -0.2) is 4.68 Å². The van der Waals surface area contributed by atoms with Gasteiger partial charge in [-0.15, -0.1) is 11.3 Å². The van der Waals surface area contributed by atoms with E-state index in [1.54, 1.807) is 0 Å². The highest BCUT2D eigenvalue weighted by Gasteiger charge is 2.29. The van der Waals surface area contributed by atoms with Gasteiger partial charge in [-0.1, -0.05) is 0 Å². The molecule has 0 bridgehead atoms. The van der Waals surface area contributed by atoms with Crippen molar-refractivity contribution in [3.63, 3.8) is 0 Å². The molecule has 0 spiro atoms. The summed E-state index contributed by atoms with van der Waals surface area (Å²) in [6.45, 7) is 4.29. The molecule has 0 fully saturated rings. The molecule has 0 amide bonds. The number of fused-ring (bicyclic) bond motifs is 3. The largest absolute Gasteiger partial charge is 0.370 e. The zero-order chi connectivity index (χ0) is 12.8. The average molecular weight is 274 g/mol. The fourth-order valence-electron chi connectivity index (χ4n) is 3.15. The predicted octanol–water partition coefficient (Wildman–Crippen LogP) is 3.02. The molecule has 0 aromatic carbocycles. The molecule has 1 atom stereocenters. The van der Waals surface area contributed by atoms with Crippen molar-refractivity contribution in [3.05, 3.63) is 27.5 Å². The standard InChI is InChI=1S/C14H18N4S/c1-9-5-8-19-12(9)11-4-7-16-14-10-3-2-6-15-13(10)17-18(11)14/h5,8,11,16H,2-4,6-7H2,1H3,(H,15,17). The highest BCUT2D eigenvalue weighted by molar-refractivity contribution is 7.10. The van der Waals surface area contributed by atoms with Crippen LogP contribution in [0.5, 0.6) is 0 Å². The quantitative estimate of drug-likeness (QED) is 0.840. The summed E-state index contributed by atoms with van der Waals surface area (Å²) in [5, 5.41) is 14.0. The second kappa shape index (κ2) is 4.27. The Bertz CT molecular complexity index is 613. The minimum atomic E-state index is 0.406.